The summed E-state index contributed by atoms with van der Waals surface area (Å²) >= 11 is 0. The molecule has 12 nitrogen and oxygen atoms in total. The molecule has 6 rings (SSSR count). The molecule has 262 valence electrons. The Morgan fingerprint density at radius 2 is 1.68 bits per heavy atom. The minimum absolute atomic E-state index is 0.0518. The van der Waals surface area contributed by atoms with Gasteiger partial charge in [-0.25, -0.2) is 23.9 Å². The number of anilines is 4. The van der Waals surface area contributed by atoms with E-state index in [1.54, 1.807) is 78.6 Å². The molecule has 2 aliphatic heterocycles. The van der Waals surface area contributed by atoms with Gasteiger partial charge in [-0.05, 0) is 95.7 Å². The van der Waals surface area contributed by atoms with Crippen LogP contribution in [0.5, 0.6) is 5.88 Å². The molecule has 0 aliphatic carbocycles. The normalized spacial score (nSPS) is 14.5. The van der Waals surface area contributed by atoms with Gasteiger partial charge in [-0.3, -0.25) is 15.0 Å². The van der Waals surface area contributed by atoms with Crippen LogP contribution in [0, 0.1) is 12.7 Å². The maximum Gasteiger partial charge on any atom is 0.415 e. The van der Waals surface area contributed by atoms with Crippen LogP contribution in [-0.2, 0) is 15.9 Å². The molecule has 0 radical (unpaired) electrons. The molecule has 2 aromatic carbocycles. The highest BCUT2D eigenvalue weighted by molar-refractivity contribution is 6.04. The van der Waals surface area contributed by atoms with Gasteiger partial charge in [-0.1, -0.05) is 6.07 Å². The SMILES string of the molecule is Cc1c(-c2cc3cc(Nc4ccc5c(c4)C(=O)N(C)CC5)ncc3c(NC(=O)OC(C)(C)C)c2F)cnc2c1N(C(=O)OC(C)(C)C)CCO2. The van der Waals surface area contributed by atoms with Crippen LogP contribution < -0.4 is 20.3 Å². The molecule has 2 N–H and O–H groups in total. The highest BCUT2D eigenvalue weighted by atomic mass is 19.1. The summed E-state index contributed by atoms with van der Waals surface area (Å²) in [6, 6.07) is 8.97. The molecule has 2 aliphatic rings. The average Bonchev–Trinajstić information content (AvgIpc) is 3.03. The van der Waals surface area contributed by atoms with Gasteiger partial charge in [0.1, 0.15) is 29.3 Å². The predicted molar refractivity (Wildman–Crippen MR) is 189 cm³/mol. The molecule has 0 fully saturated rings. The van der Waals surface area contributed by atoms with Crippen molar-refractivity contribution in [2.24, 2.45) is 0 Å². The third-order valence-corrected chi connectivity index (χ3v) is 8.26. The summed E-state index contributed by atoms with van der Waals surface area (Å²) in [5, 5.41) is 6.72. The van der Waals surface area contributed by atoms with E-state index in [9.17, 15) is 14.4 Å². The zero-order valence-electron chi connectivity index (χ0n) is 29.5. The van der Waals surface area contributed by atoms with E-state index < -0.39 is 29.2 Å². The number of likely N-dealkylation sites (N-methyl/N-ethyl adjacent to an activating group) is 1. The van der Waals surface area contributed by atoms with E-state index in [-0.39, 0.29) is 36.2 Å². The number of hydrogen-bond donors (Lipinski definition) is 2. The number of nitrogens with one attached hydrogen (secondary N) is 2. The lowest BCUT2D eigenvalue weighted by Crippen LogP contribution is -2.42. The summed E-state index contributed by atoms with van der Waals surface area (Å²) < 4.78 is 33.6. The molecular formula is C37H41FN6O6. The maximum absolute atomic E-state index is 16.7. The van der Waals surface area contributed by atoms with E-state index in [0.717, 1.165) is 12.0 Å². The Morgan fingerprint density at radius 3 is 2.40 bits per heavy atom. The van der Waals surface area contributed by atoms with Gasteiger partial charge in [0, 0.05) is 53.8 Å². The van der Waals surface area contributed by atoms with Crippen LogP contribution in [0.1, 0.15) is 63.0 Å². The summed E-state index contributed by atoms with van der Waals surface area (Å²) in [4.78, 5) is 51.2. The first kappa shape index (κ1) is 34.4. The molecule has 0 bridgehead atoms. The minimum atomic E-state index is -0.842. The van der Waals surface area contributed by atoms with Crippen molar-refractivity contribution < 1.29 is 33.0 Å². The molecule has 2 aromatic heterocycles. The van der Waals surface area contributed by atoms with Crippen LogP contribution in [-0.4, -0.2) is 70.9 Å². The van der Waals surface area contributed by atoms with Crippen LogP contribution in [0.2, 0.25) is 0 Å². The average molecular weight is 685 g/mol. The van der Waals surface area contributed by atoms with Crippen molar-refractivity contribution in [2.75, 3.05) is 42.3 Å². The van der Waals surface area contributed by atoms with Crippen molar-refractivity contribution in [3.8, 4) is 17.0 Å². The third kappa shape index (κ3) is 6.98. The monoisotopic (exact) mass is 684 g/mol. The fourth-order valence-electron chi connectivity index (χ4n) is 5.99. The standard InChI is InChI=1S/C37H41FN6O6/c1-20-26(18-40-32-31(20)44(13-14-48-32)35(47)50-37(5,6)7)25-15-22-16-28(41-23-10-9-21-11-12-43(8)33(45)24(21)17-23)39-19-27(22)30(29(25)38)42-34(46)49-36(2,3)4/h9-10,15-19H,11-14H2,1-8H3,(H,39,41)(H,42,46). The second-order valence-corrected chi connectivity index (χ2v) is 14.4. The van der Waals surface area contributed by atoms with Crippen LogP contribution >= 0.6 is 0 Å². The highest BCUT2D eigenvalue weighted by Crippen LogP contribution is 2.43. The van der Waals surface area contributed by atoms with Gasteiger partial charge in [-0.2, -0.15) is 0 Å². The number of amides is 3. The number of aromatic nitrogens is 2. The number of nitrogens with zero attached hydrogens (tertiary/aromatic N) is 4. The lowest BCUT2D eigenvalue weighted by molar-refractivity contribution is 0.0564. The van der Waals surface area contributed by atoms with E-state index in [1.165, 1.54) is 17.3 Å². The van der Waals surface area contributed by atoms with Gasteiger partial charge in [0.15, 0.2) is 5.82 Å². The first-order chi connectivity index (χ1) is 23.5. The number of fused-ring (bicyclic) bond motifs is 3. The summed E-state index contributed by atoms with van der Waals surface area (Å²) in [5.41, 5.74) is 1.93. The second-order valence-electron chi connectivity index (χ2n) is 14.4. The number of halogens is 1. The van der Waals surface area contributed by atoms with Crippen molar-refractivity contribution in [1.82, 2.24) is 14.9 Å². The van der Waals surface area contributed by atoms with Crippen LogP contribution in [0.15, 0.2) is 42.7 Å². The Balaban J connectivity index is 1.46. The predicted octanol–water partition coefficient (Wildman–Crippen LogP) is 7.60. The van der Waals surface area contributed by atoms with Gasteiger partial charge in [-0.15, -0.1) is 0 Å². The Kier molecular flexibility index (Phi) is 8.79. The summed E-state index contributed by atoms with van der Waals surface area (Å²) in [7, 11) is 1.78. The van der Waals surface area contributed by atoms with E-state index in [4.69, 9.17) is 14.2 Å². The fraction of sp³-hybridized carbons (Fsp3) is 0.378. The molecule has 0 spiro atoms. The van der Waals surface area contributed by atoms with Crippen LogP contribution in [0.3, 0.4) is 0 Å². The van der Waals surface area contributed by atoms with Gasteiger partial charge in [0.2, 0.25) is 5.88 Å². The first-order valence-electron chi connectivity index (χ1n) is 16.4. The molecule has 0 saturated carbocycles. The Morgan fingerprint density at radius 1 is 0.940 bits per heavy atom. The number of hydrogen-bond acceptors (Lipinski definition) is 9. The largest absolute Gasteiger partial charge is 0.474 e. The minimum Gasteiger partial charge on any atom is -0.474 e. The number of ether oxygens (including phenoxy) is 3. The molecule has 50 heavy (non-hydrogen) atoms. The molecule has 4 heterocycles. The second kappa shape index (κ2) is 12.8. The van der Waals surface area contributed by atoms with Gasteiger partial charge in [0.25, 0.3) is 5.91 Å². The lowest BCUT2D eigenvalue weighted by atomic mass is 9.96. The third-order valence-electron chi connectivity index (χ3n) is 8.26. The molecular weight excluding hydrogens is 643 g/mol. The van der Waals surface area contributed by atoms with Crippen LogP contribution in [0.25, 0.3) is 21.9 Å². The Hall–Kier alpha value is -5.46. The first-order valence-corrected chi connectivity index (χ1v) is 16.4. The number of rotatable bonds is 4. The van der Waals surface area contributed by atoms with Gasteiger partial charge < -0.3 is 24.4 Å². The van der Waals surface area contributed by atoms with E-state index in [0.29, 0.717) is 51.2 Å². The summed E-state index contributed by atoms with van der Waals surface area (Å²) in [6.45, 7) is 13.3. The van der Waals surface area contributed by atoms with Crippen molar-refractivity contribution in [2.45, 2.75) is 66.1 Å². The zero-order valence-corrected chi connectivity index (χ0v) is 29.5. The molecule has 4 aromatic rings. The molecule has 3 amide bonds. The smallest absolute Gasteiger partial charge is 0.415 e. The van der Waals surface area contributed by atoms with E-state index >= 15 is 4.39 Å². The van der Waals surface area contributed by atoms with Crippen molar-refractivity contribution >= 4 is 51.7 Å². The van der Waals surface area contributed by atoms with Gasteiger partial charge >= 0.3 is 12.2 Å². The maximum atomic E-state index is 16.7. The number of carbonyl (C=O) groups is 3. The number of pyridine rings is 2. The summed E-state index contributed by atoms with van der Waals surface area (Å²) in [6.07, 6.45) is 2.30. The number of benzene rings is 2. The van der Waals surface area contributed by atoms with E-state index in [1.807, 2.05) is 12.1 Å². The van der Waals surface area contributed by atoms with E-state index in [2.05, 4.69) is 20.6 Å². The molecule has 0 atom stereocenters. The molecule has 13 heteroatoms. The fourth-order valence-corrected chi connectivity index (χ4v) is 5.99. The van der Waals surface area contributed by atoms with Crippen molar-refractivity contribution in [3.63, 3.8) is 0 Å². The van der Waals surface area contributed by atoms with Crippen molar-refractivity contribution in [3.05, 3.63) is 65.2 Å². The van der Waals surface area contributed by atoms with Crippen molar-refractivity contribution in [1.29, 1.82) is 0 Å². The molecule has 0 saturated heterocycles. The van der Waals surface area contributed by atoms with Gasteiger partial charge in [0.05, 0.1) is 12.2 Å². The zero-order chi connectivity index (χ0) is 36.1. The number of carbonyl (C=O) groups excluding carboxylic acids is 3. The molecule has 0 unspecified atom stereocenters. The quantitative estimate of drug-likeness (QED) is 0.223. The van der Waals surface area contributed by atoms with Crippen LogP contribution in [0.4, 0.5) is 36.9 Å². The highest BCUT2D eigenvalue weighted by Gasteiger charge is 2.32. The summed E-state index contributed by atoms with van der Waals surface area (Å²) in [5.74, 6) is -0.140. The Bertz CT molecular complexity index is 2040. The topological polar surface area (TPSA) is 135 Å². The Labute approximate surface area is 289 Å². The lowest BCUT2D eigenvalue weighted by Gasteiger charge is -2.32.